The smallest absolute Gasteiger partial charge is 0.416 e. The van der Waals surface area contributed by atoms with Gasteiger partial charge in [-0.05, 0) is 61.0 Å². The average molecular weight is 534 g/mol. The molecule has 0 unspecified atom stereocenters. The third kappa shape index (κ3) is 7.31. The number of esters is 1. The van der Waals surface area contributed by atoms with Crippen molar-refractivity contribution in [3.05, 3.63) is 87.9 Å². The fraction of sp³-hybridized carbons (Fsp3) is 0.120. The van der Waals surface area contributed by atoms with Gasteiger partial charge in [0.05, 0.1) is 35.2 Å². The van der Waals surface area contributed by atoms with Crippen molar-refractivity contribution in [3.8, 4) is 11.5 Å². The first-order valence-electron chi connectivity index (χ1n) is 10.5. The van der Waals surface area contributed by atoms with E-state index in [-0.39, 0.29) is 22.2 Å². The fourth-order valence-corrected chi connectivity index (χ4v) is 3.05. The van der Waals surface area contributed by atoms with Gasteiger partial charge in [0.15, 0.2) is 11.5 Å². The lowest BCUT2D eigenvalue weighted by molar-refractivity contribution is -0.137. The molecule has 37 heavy (non-hydrogen) atoms. The lowest BCUT2D eigenvalue weighted by atomic mass is 10.1. The highest BCUT2D eigenvalue weighted by atomic mass is 35.5. The van der Waals surface area contributed by atoms with E-state index in [1.54, 1.807) is 24.3 Å². The molecule has 0 bridgehead atoms. The number of rotatable bonds is 6. The van der Waals surface area contributed by atoms with Crippen LogP contribution in [0.3, 0.4) is 0 Å². The summed E-state index contributed by atoms with van der Waals surface area (Å²) in [6, 6.07) is 13.5. The topological polar surface area (TPSA) is 106 Å². The second-order valence-electron chi connectivity index (χ2n) is 7.51. The van der Waals surface area contributed by atoms with Crippen LogP contribution in [0.2, 0.25) is 5.02 Å². The van der Waals surface area contributed by atoms with E-state index in [1.807, 2.05) is 17.7 Å². The molecule has 3 aromatic carbocycles. The molecular formula is C25H19ClF3N3O5. The standard InChI is InChI=1S/C25H19ClF3N3O5/c1-14-3-6-16(7-4-14)24(35)37-20-10-5-15(11-21(20)36-2)13-30-32-23(34)22(33)31-19-12-17(25(27,28)29)8-9-18(19)26/h3-13H,1-2H3,(H,31,33)(H,32,34)/b30-13+. The van der Waals surface area contributed by atoms with E-state index in [4.69, 9.17) is 21.1 Å². The van der Waals surface area contributed by atoms with Crippen molar-refractivity contribution in [1.29, 1.82) is 0 Å². The number of nitrogens with one attached hydrogen (secondary N) is 2. The second-order valence-corrected chi connectivity index (χ2v) is 7.92. The highest BCUT2D eigenvalue weighted by molar-refractivity contribution is 6.41. The second kappa shape index (κ2) is 11.6. The summed E-state index contributed by atoms with van der Waals surface area (Å²) in [6.07, 6.45) is -3.48. The first-order valence-corrected chi connectivity index (χ1v) is 10.8. The summed E-state index contributed by atoms with van der Waals surface area (Å²) in [4.78, 5) is 36.4. The Kier molecular flexibility index (Phi) is 8.51. The molecule has 0 atom stereocenters. The quantitative estimate of drug-likeness (QED) is 0.153. The van der Waals surface area contributed by atoms with Gasteiger partial charge in [-0.2, -0.15) is 18.3 Å². The van der Waals surface area contributed by atoms with Gasteiger partial charge in [0, 0.05) is 0 Å². The maximum Gasteiger partial charge on any atom is 0.416 e. The highest BCUT2D eigenvalue weighted by Crippen LogP contribution is 2.34. The molecule has 0 saturated carbocycles. The number of benzene rings is 3. The Labute approximate surface area is 214 Å². The minimum atomic E-state index is -4.66. The third-order valence-corrected chi connectivity index (χ3v) is 5.14. The van der Waals surface area contributed by atoms with E-state index >= 15 is 0 Å². The van der Waals surface area contributed by atoms with Gasteiger partial charge in [0.1, 0.15) is 0 Å². The molecule has 0 heterocycles. The molecule has 2 N–H and O–H groups in total. The van der Waals surface area contributed by atoms with Crippen LogP contribution in [-0.4, -0.2) is 31.1 Å². The van der Waals surface area contributed by atoms with Gasteiger partial charge in [0.2, 0.25) is 0 Å². The number of methoxy groups -OCH3 is 1. The molecule has 8 nitrogen and oxygen atoms in total. The number of ether oxygens (including phenoxy) is 2. The highest BCUT2D eigenvalue weighted by Gasteiger charge is 2.31. The summed E-state index contributed by atoms with van der Waals surface area (Å²) >= 11 is 5.81. The van der Waals surface area contributed by atoms with Gasteiger partial charge in [0.25, 0.3) is 0 Å². The summed E-state index contributed by atoms with van der Waals surface area (Å²) in [5, 5.41) is 5.46. The number of carbonyl (C=O) groups is 3. The zero-order chi connectivity index (χ0) is 27.2. The van der Waals surface area contributed by atoms with Crippen LogP contribution >= 0.6 is 11.6 Å². The Bertz CT molecular complexity index is 1360. The zero-order valence-corrected chi connectivity index (χ0v) is 20.1. The molecule has 192 valence electrons. The summed E-state index contributed by atoms with van der Waals surface area (Å²) in [5.74, 6) is -2.77. The van der Waals surface area contributed by atoms with Crippen molar-refractivity contribution < 1.29 is 37.0 Å². The Morgan fingerprint density at radius 3 is 2.30 bits per heavy atom. The van der Waals surface area contributed by atoms with E-state index in [2.05, 4.69) is 5.10 Å². The van der Waals surface area contributed by atoms with Crippen LogP contribution in [0.1, 0.15) is 27.0 Å². The van der Waals surface area contributed by atoms with Crippen LogP contribution in [0.4, 0.5) is 18.9 Å². The van der Waals surface area contributed by atoms with Crippen LogP contribution in [0.25, 0.3) is 0 Å². The molecule has 0 saturated heterocycles. The predicted octanol–water partition coefficient (Wildman–Crippen LogP) is 4.98. The average Bonchev–Trinajstić information content (AvgIpc) is 2.85. The third-order valence-electron chi connectivity index (χ3n) is 4.81. The fourth-order valence-electron chi connectivity index (χ4n) is 2.89. The molecule has 3 aromatic rings. The molecule has 0 fully saturated rings. The van der Waals surface area contributed by atoms with Crippen molar-refractivity contribution in [2.75, 3.05) is 12.4 Å². The Balaban J connectivity index is 1.62. The summed E-state index contributed by atoms with van der Waals surface area (Å²) in [7, 11) is 1.37. The van der Waals surface area contributed by atoms with Crippen LogP contribution in [0.15, 0.2) is 65.8 Å². The summed E-state index contributed by atoms with van der Waals surface area (Å²) < 4.78 is 49.2. The van der Waals surface area contributed by atoms with Gasteiger partial charge < -0.3 is 14.8 Å². The lowest BCUT2D eigenvalue weighted by Crippen LogP contribution is -2.32. The molecule has 0 aliphatic carbocycles. The first kappa shape index (κ1) is 27.2. The van der Waals surface area contributed by atoms with Crippen molar-refractivity contribution >= 4 is 41.3 Å². The number of hydrogen-bond acceptors (Lipinski definition) is 6. The largest absolute Gasteiger partial charge is 0.493 e. The SMILES string of the molecule is COc1cc(/C=N/NC(=O)C(=O)Nc2cc(C(F)(F)F)ccc2Cl)ccc1OC(=O)c1ccc(C)cc1. The number of aryl methyl sites for hydroxylation is 1. The van der Waals surface area contributed by atoms with Gasteiger partial charge >= 0.3 is 24.0 Å². The van der Waals surface area contributed by atoms with E-state index in [1.165, 1.54) is 31.5 Å². The molecule has 0 aliphatic heterocycles. The number of hydrogen-bond donors (Lipinski definition) is 2. The van der Waals surface area contributed by atoms with E-state index < -0.39 is 29.5 Å². The molecule has 0 radical (unpaired) electrons. The van der Waals surface area contributed by atoms with Crippen LogP contribution in [0, 0.1) is 6.92 Å². The van der Waals surface area contributed by atoms with Crippen molar-refractivity contribution in [2.24, 2.45) is 5.10 Å². The molecule has 12 heteroatoms. The monoisotopic (exact) mass is 533 g/mol. The molecule has 0 aliphatic rings. The zero-order valence-electron chi connectivity index (χ0n) is 19.4. The van der Waals surface area contributed by atoms with E-state index in [9.17, 15) is 27.6 Å². The molecule has 3 rings (SSSR count). The van der Waals surface area contributed by atoms with Gasteiger partial charge in [-0.15, -0.1) is 0 Å². The number of amides is 2. The minimum absolute atomic E-state index is 0.145. The Hall–Kier alpha value is -4.38. The van der Waals surface area contributed by atoms with Gasteiger partial charge in [-0.25, -0.2) is 10.2 Å². The number of alkyl halides is 3. The molecule has 2 amide bonds. The minimum Gasteiger partial charge on any atom is -0.493 e. The van der Waals surface area contributed by atoms with Crippen molar-refractivity contribution in [2.45, 2.75) is 13.1 Å². The molecule has 0 aromatic heterocycles. The lowest BCUT2D eigenvalue weighted by Gasteiger charge is -2.11. The van der Waals surface area contributed by atoms with Crippen LogP contribution in [0.5, 0.6) is 11.5 Å². The predicted molar refractivity (Wildman–Crippen MR) is 130 cm³/mol. The van der Waals surface area contributed by atoms with Crippen LogP contribution in [-0.2, 0) is 15.8 Å². The Morgan fingerprint density at radius 1 is 0.946 bits per heavy atom. The maximum absolute atomic E-state index is 12.9. The number of halogens is 4. The normalized spacial score (nSPS) is 11.2. The summed E-state index contributed by atoms with van der Waals surface area (Å²) in [6.45, 7) is 1.89. The van der Waals surface area contributed by atoms with Gasteiger partial charge in [-0.3, -0.25) is 9.59 Å². The number of nitrogens with zero attached hydrogens (tertiary/aromatic N) is 1. The van der Waals surface area contributed by atoms with Crippen molar-refractivity contribution in [3.63, 3.8) is 0 Å². The molecular weight excluding hydrogens is 515 g/mol. The van der Waals surface area contributed by atoms with E-state index in [0.717, 1.165) is 17.7 Å². The van der Waals surface area contributed by atoms with Crippen LogP contribution < -0.4 is 20.2 Å². The summed E-state index contributed by atoms with van der Waals surface area (Å²) in [5.41, 5.74) is 2.27. The Morgan fingerprint density at radius 2 is 1.65 bits per heavy atom. The molecule has 0 spiro atoms. The number of anilines is 1. The van der Waals surface area contributed by atoms with Gasteiger partial charge in [-0.1, -0.05) is 29.3 Å². The maximum atomic E-state index is 12.9. The number of hydrazone groups is 1. The van der Waals surface area contributed by atoms with E-state index in [0.29, 0.717) is 17.2 Å². The van der Waals surface area contributed by atoms with Crippen molar-refractivity contribution in [1.82, 2.24) is 5.43 Å². The first-order chi connectivity index (χ1) is 17.5. The number of carbonyl (C=O) groups excluding carboxylic acids is 3.